The summed E-state index contributed by atoms with van der Waals surface area (Å²) in [6.07, 6.45) is 4.45. The van der Waals surface area contributed by atoms with E-state index in [1.807, 2.05) is 60.7 Å². The van der Waals surface area contributed by atoms with Crippen molar-refractivity contribution in [2.24, 2.45) is 0 Å². The summed E-state index contributed by atoms with van der Waals surface area (Å²) in [6.45, 7) is 0. The van der Waals surface area contributed by atoms with Crippen LogP contribution in [0, 0.1) is 0 Å². The van der Waals surface area contributed by atoms with Crippen molar-refractivity contribution >= 4 is 22.7 Å². The average Bonchev–Trinajstić information content (AvgIpc) is 3.55. The van der Waals surface area contributed by atoms with Gasteiger partial charge in [0.15, 0.2) is 5.76 Å². The molecule has 5 aromatic rings. The average molecular weight is 422 g/mol. The first-order valence-electron chi connectivity index (χ1n) is 10.6. The molecule has 2 aromatic carbocycles. The molecule has 6 heteroatoms. The van der Waals surface area contributed by atoms with Gasteiger partial charge in [0.05, 0.1) is 12.7 Å². The lowest BCUT2D eigenvalue weighted by molar-refractivity contribution is -0.552. The summed E-state index contributed by atoms with van der Waals surface area (Å²) in [6, 6.07) is 23.2. The van der Waals surface area contributed by atoms with Gasteiger partial charge in [0.2, 0.25) is 6.04 Å². The van der Waals surface area contributed by atoms with Gasteiger partial charge < -0.3 is 8.83 Å². The van der Waals surface area contributed by atoms with Gasteiger partial charge >= 0.3 is 11.7 Å². The zero-order chi connectivity index (χ0) is 21.5. The molecule has 6 rings (SSSR count). The Hall–Kier alpha value is -4.19. The number of hydrogen-bond donors (Lipinski definition) is 1. The second-order valence-corrected chi connectivity index (χ2v) is 7.92. The van der Waals surface area contributed by atoms with Gasteiger partial charge in [0, 0.05) is 11.8 Å². The zero-order valence-corrected chi connectivity index (χ0v) is 17.2. The van der Waals surface area contributed by atoms with Gasteiger partial charge in [-0.1, -0.05) is 48.5 Å². The van der Waals surface area contributed by atoms with E-state index in [1.54, 1.807) is 17.0 Å². The fourth-order valence-corrected chi connectivity index (χ4v) is 4.18. The van der Waals surface area contributed by atoms with Gasteiger partial charge in [-0.2, -0.15) is 4.57 Å². The predicted octanol–water partition coefficient (Wildman–Crippen LogP) is 4.64. The summed E-state index contributed by atoms with van der Waals surface area (Å²) in [4.78, 5) is 18.2. The van der Waals surface area contributed by atoms with E-state index in [9.17, 15) is 4.79 Å². The summed E-state index contributed by atoms with van der Waals surface area (Å²) in [7, 11) is 0. The number of para-hydroxylation sites is 1. The van der Waals surface area contributed by atoms with Crippen LogP contribution in [0.15, 0.2) is 94.1 Å². The Morgan fingerprint density at radius 2 is 1.84 bits per heavy atom. The van der Waals surface area contributed by atoms with Gasteiger partial charge in [0.1, 0.15) is 28.9 Å². The number of aromatic nitrogens is 2. The highest BCUT2D eigenvalue weighted by molar-refractivity contribution is 5.84. The summed E-state index contributed by atoms with van der Waals surface area (Å²) >= 11 is 0. The third-order valence-electron chi connectivity index (χ3n) is 5.75. The smallest absolute Gasteiger partial charge is 0.359 e. The van der Waals surface area contributed by atoms with E-state index >= 15 is 0 Å². The highest BCUT2D eigenvalue weighted by atomic mass is 16.3. The highest BCUT2D eigenvalue weighted by Gasteiger charge is 2.41. The third-order valence-corrected chi connectivity index (χ3v) is 5.75. The number of nitrogens with zero attached hydrogens (tertiary/aromatic N) is 2. The van der Waals surface area contributed by atoms with Crippen molar-refractivity contribution in [3.63, 3.8) is 0 Å². The Bertz CT molecular complexity index is 1390. The number of carbonyl (C=O) groups is 1. The number of benzene rings is 2. The molecule has 1 unspecified atom stereocenters. The third kappa shape index (κ3) is 3.26. The number of fused-ring (bicyclic) bond motifs is 2. The van der Waals surface area contributed by atoms with Crippen molar-refractivity contribution in [3.05, 3.63) is 102 Å². The molecule has 0 fully saturated rings. The molecule has 6 nitrogen and oxygen atoms in total. The van der Waals surface area contributed by atoms with Crippen molar-refractivity contribution in [2.45, 2.75) is 18.9 Å². The maximum atomic E-state index is 13.3. The fourth-order valence-electron chi connectivity index (χ4n) is 4.18. The van der Waals surface area contributed by atoms with Crippen molar-refractivity contribution in [1.82, 2.24) is 4.98 Å². The van der Waals surface area contributed by atoms with Crippen LogP contribution in [0.25, 0.3) is 22.4 Å². The van der Waals surface area contributed by atoms with Crippen LogP contribution in [0.3, 0.4) is 0 Å². The van der Waals surface area contributed by atoms with E-state index in [0.29, 0.717) is 24.3 Å². The molecule has 3 aromatic heterocycles. The summed E-state index contributed by atoms with van der Waals surface area (Å²) < 4.78 is 13.2. The predicted molar refractivity (Wildman–Crippen MR) is 119 cm³/mol. The number of hydrogen-bond acceptors (Lipinski definition) is 5. The molecular weight excluding hydrogens is 402 g/mol. The van der Waals surface area contributed by atoms with Crippen molar-refractivity contribution in [2.75, 3.05) is 5.32 Å². The van der Waals surface area contributed by atoms with Gasteiger partial charge in [0.25, 0.3) is 0 Å². The lowest BCUT2D eigenvalue weighted by atomic mass is 10.1. The standard InChI is InChI=1S/C26H19N3O3/c30-26-21(15-19-10-6-12-31-19)28-25-20(13-17-7-2-1-3-8-17)27-22(16-29(25)26)24-14-18-9-4-5-11-23(18)32-24/h1-12,14,16,21H,13,15H2/p+1. The van der Waals surface area contributed by atoms with E-state index in [2.05, 4.69) is 17.4 Å². The maximum absolute atomic E-state index is 13.3. The summed E-state index contributed by atoms with van der Waals surface area (Å²) in [5, 5.41) is 4.38. The second-order valence-electron chi connectivity index (χ2n) is 7.92. The summed E-state index contributed by atoms with van der Waals surface area (Å²) in [5.74, 6) is 2.08. The second kappa shape index (κ2) is 7.50. The first kappa shape index (κ1) is 18.6. The largest absolute Gasteiger partial charge is 0.469 e. The number of rotatable bonds is 5. The Balaban J connectivity index is 1.44. The van der Waals surface area contributed by atoms with Crippen LogP contribution in [-0.4, -0.2) is 16.9 Å². The number of anilines is 1. The Kier molecular flexibility index (Phi) is 4.35. The molecule has 1 N–H and O–H groups in total. The van der Waals surface area contributed by atoms with Gasteiger partial charge in [-0.15, -0.1) is 0 Å². The molecule has 0 saturated heterocycles. The minimum Gasteiger partial charge on any atom is -0.469 e. The Morgan fingerprint density at radius 3 is 2.66 bits per heavy atom. The van der Waals surface area contributed by atoms with Crippen LogP contribution < -0.4 is 9.88 Å². The molecule has 1 aliphatic rings. The molecule has 1 aliphatic heterocycles. The minimum atomic E-state index is -0.414. The van der Waals surface area contributed by atoms with Gasteiger partial charge in [-0.3, -0.25) is 5.32 Å². The van der Waals surface area contributed by atoms with E-state index in [-0.39, 0.29) is 5.91 Å². The SMILES string of the molecule is O=C1C(Cc2ccco2)Nc2c(Cc3ccccc3)nc(-c3cc4ccccc4o3)c[n+]21. The Morgan fingerprint density at radius 1 is 1.00 bits per heavy atom. The monoisotopic (exact) mass is 422 g/mol. The molecule has 4 heterocycles. The first-order valence-corrected chi connectivity index (χ1v) is 10.6. The van der Waals surface area contributed by atoms with Gasteiger partial charge in [-0.05, 0) is 29.8 Å². The van der Waals surface area contributed by atoms with Crippen LogP contribution in [-0.2, 0) is 12.8 Å². The molecule has 0 radical (unpaired) electrons. The van der Waals surface area contributed by atoms with Crippen molar-refractivity contribution in [1.29, 1.82) is 0 Å². The molecule has 0 saturated carbocycles. The van der Waals surface area contributed by atoms with E-state index in [0.717, 1.165) is 33.8 Å². The van der Waals surface area contributed by atoms with Crippen LogP contribution in [0.5, 0.6) is 0 Å². The number of nitrogens with one attached hydrogen (secondary N) is 1. The highest BCUT2D eigenvalue weighted by Crippen LogP contribution is 2.29. The number of carbonyl (C=O) groups excluding carboxylic acids is 1. The van der Waals surface area contributed by atoms with Crippen molar-refractivity contribution < 1.29 is 18.2 Å². The van der Waals surface area contributed by atoms with Crippen LogP contribution in [0.2, 0.25) is 0 Å². The zero-order valence-electron chi connectivity index (χ0n) is 17.2. The molecule has 32 heavy (non-hydrogen) atoms. The lowest BCUT2D eigenvalue weighted by Crippen LogP contribution is -2.44. The first-order chi connectivity index (χ1) is 15.7. The van der Waals surface area contributed by atoms with Crippen LogP contribution in [0.4, 0.5) is 5.82 Å². The maximum Gasteiger partial charge on any atom is 0.359 e. The molecule has 156 valence electrons. The lowest BCUT2D eigenvalue weighted by Gasteiger charge is -2.05. The molecule has 0 aliphatic carbocycles. The normalized spacial score (nSPS) is 15.1. The molecule has 0 bridgehead atoms. The molecular formula is C26H20N3O3+. The van der Waals surface area contributed by atoms with E-state index in [4.69, 9.17) is 13.8 Å². The van der Waals surface area contributed by atoms with Crippen LogP contribution in [0.1, 0.15) is 21.8 Å². The van der Waals surface area contributed by atoms with Gasteiger partial charge in [-0.25, -0.2) is 9.78 Å². The van der Waals surface area contributed by atoms with Crippen molar-refractivity contribution in [3.8, 4) is 11.5 Å². The topological polar surface area (TPSA) is 72.2 Å². The molecule has 1 atom stereocenters. The summed E-state index contributed by atoms with van der Waals surface area (Å²) in [5.41, 5.74) is 3.34. The fraction of sp³-hybridized carbons (Fsp3) is 0.115. The van der Waals surface area contributed by atoms with E-state index < -0.39 is 6.04 Å². The minimum absolute atomic E-state index is 0.0366. The van der Waals surface area contributed by atoms with Crippen LogP contribution >= 0.6 is 0 Å². The number of furan rings is 2. The van der Waals surface area contributed by atoms with E-state index in [1.165, 1.54) is 0 Å². The Labute approximate surface area is 184 Å². The molecule has 0 amide bonds. The quantitative estimate of drug-likeness (QED) is 0.418. The molecule has 0 spiro atoms.